The molecule has 1 atom stereocenters. The number of hydrogen-bond acceptors (Lipinski definition) is 7. The fraction of sp³-hybridized carbons (Fsp3) is 0.323. The van der Waals surface area contributed by atoms with Gasteiger partial charge in [-0.15, -0.1) is 0 Å². The Labute approximate surface area is 237 Å². The van der Waals surface area contributed by atoms with Crippen molar-refractivity contribution in [2.24, 2.45) is 0 Å². The SMILES string of the molecule is COc1cccc(C(=O)N2CCC3(CC2)OCC(C(=O)NCc2ccc4c(c2)OCO4)N3C(=O)c2ccccc2)c1. The van der Waals surface area contributed by atoms with Crippen LogP contribution < -0.4 is 19.5 Å². The Morgan fingerprint density at radius 1 is 0.902 bits per heavy atom. The molecule has 10 heteroatoms. The van der Waals surface area contributed by atoms with Crippen LogP contribution in [0.3, 0.4) is 0 Å². The fourth-order valence-corrected chi connectivity index (χ4v) is 5.64. The lowest BCUT2D eigenvalue weighted by Crippen LogP contribution is -2.59. The highest BCUT2D eigenvalue weighted by atomic mass is 16.7. The zero-order chi connectivity index (χ0) is 28.4. The van der Waals surface area contributed by atoms with Gasteiger partial charge in [0.2, 0.25) is 12.7 Å². The van der Waals surface area contributed by atoms with Gasteiger partial charge in [0.1, 0.15) is 17.5 Å². The number of hydrogen-bond donors (Lipinski definition) is 1. The summed E-state index contributed by atoms with van der Waals surface area (Å²) in [4.78, 5) is 44.0. The molecule has 1 spiro atoms. The van der Waals surface area contributed by atoms with E-state index in [2.05, 4.69) is 5.32 Å². The predicted molar refractivity (Wildman–Crippen MR) is 148 cm³/mol. The minimum Gasteiger partial charge on any atom is -0.497 e. The standard InChI is InChI=1S/C31H31N3O7/c1-38-24-9-5-8-23(17-24)29(36)33-14-12-31(13-15-33)34(30(37)22-6-3-2-4-7-22)25(19-41-31)28(35)32-18-21-10-11-26-27(16-21)40-20-39-26/h2-11,16-17,25H,12-15,18-20H2,1H3,(H,32,35). The Hall–Kier alpha value is -4.57. The van der Waals surface area contributed by atoms with E-state index < -0.39 is 11.8 Å². The minimum atomic E-state index is -1.00. The number of piperidine rings is 1. The highest BCUT2D eigenvalue weighted by molar-refractivity contribution is 5.98. The molecular weight excluding hydrogens is 526 g/mol. The molecule has 1 N–H and O–H groups in total. The van der Waals surface area contributed by atoms with Gasteiger partial charge in [0.25, 0.3) is 11.8 Å². The number of benzene rings is 3. The van der Waals surface area contributed by atoms with Crippen LogP contribution in [0.2, 0.25) is 0 Å². The quantitative estimate of drug-likeness (QED) is 0.496. The van der Waals surface area contributed by atoms with Crippen molar-refractivity contribution in [3.8, 4) is 17.2 Å². The largest absolute Gasteiger partial charge is 0.497 e. The van der Waals surface area contributed by atoms with Crippen LogP contribution >= 0.6 is 0 Å². The number of carbonyl (C=O) groups is 3. The minimum absolute atomic E-state index is 0.0649. The van der Waals surface area contributed by atoms with E-state index in [0.717, 1.165) is 5.56 Å². The molecule has 212 valence electrons. The molecule has 10 nitrogen and oxygen atoms in total. The molecule has 3 aromatic rings. The Kier molecular flexibility index (Phi) is 7.23. The highest BCUT2D eigenvalue weighted by Gasteiger charge is 2.54. The van der Waals surface area contributed by atoms with Crippen LogP contribution in [-0.4, -0.2) is 72.9 Å². The Balaban J connectivity index is 1.19. The van der Waals surface area contributed by atoms with Gasteiger partial charge in [-0.2, -0.15) is 0 Å². The average Bonchev–Trinajstić information content (AvgIpc) is 3.64. The molecule has 2 fully saturated rings. The summed E-state index contributed by atoms with van der Waals surface area (Å²) in [6.45, 7) is 1.25. The molecule has 2 saturated heterocycles. The Bertz CT molecular complexity index is 1450. The van der Waals surface area contributed by atoms with Crippen LogP contribution in [0, 0.1) is 0 Å². The summed E-state index contributed by atoms with van der Waals surface area (Å²) in [6, 6.07) is 20.6. The lowest BCUT2D eigenvalue weighted by molar-refractivity contribution is -0.128. The molecule has 1 unspecified atom stereocenters. The van der Waals surface area contributed by atoms with E-state index in [1.54, 1.807) is 65.4 Å². The number of amides is 3. The number of ether oxygens (including phenoxy) is 4. The second-order valence-electron chi connectivity index (χ2n) is 10.2. The van der Waals surface area contributed by atoms with Crippen LogP contribution in [0.5, 0.6) is 17.2 Å². The van der Waals surface area contributed by atoms with Gasteiger partial charge in [-0.25, -0.2) is 0 Å². The van der Waals surface area contributed by atoms with Gasteiger partial charge in [0.15, 0.2) is 11.5 Å². The molecule has 0 aliphatic carbocycles. The third-order valence-corrected chi connectivity index (χ3v) is 7.86. The first-order chi connectivity index (χ1) is 20.0. The van der Waals surface area contributed by atoms with Crippen molar-refractivity contribution in [1.82, 2.24) is 15.1 Å². The molecule has 41 heavy (non-hydrogen) atoms. The normalized spacial score (nSPS) is 18.8. The van der Waals surface area contributed by atoms with Gasteiger partial charge in [-0.1, -0.05) is 30.3 Å². The number of nitrogens with one attached hydrogen (secondary N) is 1. The number of likely N-dealkylation sites (tertiary alicyclic amines) is 1. The number of rotatable bonds is 6. The van der Waals surface area contributed by atoms with Crippen LogP contribution in [0.15, 0.2) is 72.8 Å². The molecule has 3 amide bonds. The molecule has 0 saturated carbocycles. The lowest BCUT2D eigenvalue weighted by Gasteiger charge is -2.44. The first kappa shape index (κ1) is 26.6. The second-order valence-corrected chi connectivity index (χ2v) is 10.2. The summed E-state index contributed by atoms with van der Waals surface area (Å²) in [5.74, 6) is 1.21. The maximum Gasteiger partial charge on any atom is 0.256 e. The number of methoxy groups -OCH3 is 1. The number of nitrogens with zero attached hydrogens (tertiary/aromatic N) is 2. The van der Waals surface area contributed by atoms with Crippen molar-refractivity contribution in [2.45, 2.75) is 31.2 Å². The summed E-state index contributed by atoms with van der Waals surface area (Å²) in [6.07, 6.45) is 0.764. The third-order valence-electron chi connectivity index (χ3n) is 7.86. The topological polar surface area (TPSA) is 107 Å². The second kappa shape index (κ2) is 11.1. The van der Waals surface area contributed by atoms with Crippen molar-refractivity contribution in [1.29, 1.82) is 0 Å². The zero-order valence-electron chi connectivity index (χ0n) is 22.7. The molecule has 0 bridgehead atoms. The van der Waals surface area contributed by atoms with Crippen molar-refractivity contribution in [3.05, 3.63) is 89.5 Å². The highest BCUT2D eigenvalue weighted by Crippen LogP contribution is 2.39. The van der Waals surface area contributed by atoms with Crippen LogP contribution in [0.25, 0.3) is 0 Å². The van der Waals surface area contributed by atoms with E-state index >= 15 is 0 Å². The van der Waals surface area contributed by atoms with Crippen molar-refractivity contribution >= 4 is 17.7 Å². The first-order valence-electron chi connectivity index (χ1n) is 13.6. The van der Waals surface area contributed by atoms with Crippen molar-refractivity contribution in [2.75, 3.05) is 33.6 Å². The van der Waals surface area contributed by atoms with E-state index in [1.165, 1.54) is 0 Å². The summed E-state index contributed by atoms with van der Waals surface area (Å²) < 4.78 is 22.4. The van der Waals surface area contributed by atoms with Gasteiger partial charge in [0, 0.05) is 43.6 Å². The third kappa shape index (κ3) is 5.18. The van der Waals surface area contributed by atoms with Gasteiger partial charge in [0.05, 0.1) is 13.7 Å². The lowest BCUT2D eigenvalue weighted by atomic mass is 9.96. The molecule has 0 aromatic heterocycles. The van der Waals surface area contributed by atoms with Crippen LogP contribution in [-0.2, 0) is 16.1 Å². The smallest absolute Gasteiger partial charge is 0.256 e. The van der Waals surface area contributed by atoms with Crippen LogP contribution in [0.4, 0.5) is 0 Å². The molecule has 0 radical (unpaired) electrons. The van der Waals surface area contributed by atoms with E-state index in [9.17, 15) is 14.4 Å². The Morgan fingerprint density at radius 2 is 1.66 bits per heavy atom. The van der Waals surface area contributed by atoms with Crippen molar-refractivity contribution < 1.29 is 33.3 Å². The first-order valence-corrected chi connectivity index (χ1v) is 13.6. The number of fused-ring (bicyclic) bond motifs is 1. The summed E-state index contributed by atoms with van der Waals surface area (Å²) >= 11 is 0. The summed E-state index contributed by atoms with van der Waals surface area (Å²) in [7, 11) is 1.56. The fourth-order valence-electron chi connectivity index (χ4n) is 5.64. The van der Waals surface area contributed by atoms with E-state index in [1.807, 2.05) is 24.3 Å². The Morgan fingerprint density at radius 3 is 2.44 bits per heavy atom. The van der Waals surface area contributed by atoms with Crippen LogP contribution in [0.1, 0.15) is 39.1 Å². The van der Waals surface area contributed by atoms with E-state index in [4.69, 9.17) is 18.9 Å². The van der Waals surface area contributed by atoms with E-state index in [0.29, 0.717) is 54.3 Å². The van der Waals surface area contributed by atoms with Gasteiger partial charge < -0.3 is 29.2 Å². The van der Waals surface area contributed by atoms with Gasteiger partial charge >= 0.3 is 0 Å². The van der Waals surface area contributed by atoms with Gasteiger partial charge in [-0.3, -0.25) is 19.3 Å². The predicted octanol–water partition coefficient (Wildman–Crippen LogP) is 3.21. The van der Waals surface area contributed by atoms with Gasteiger partial charge in [-0.05, 0) is 48.0 Å². The summed E-state index contributed by atoms with van der Waals surface area (Å²) in [5, 5.41) is 2.96. The zero-order valence-corrected chi connectivity index (χ0v) is 22.7. The number of carbonyl (C=O) groups excluding carboxylic acids is 3. The molecule has 3 aromatic carbocycles. The molecular formula is C31H31N3O7. The molecule has 3 heterocycles. The maximum atomic E-state index is 13.9. The average molecular weight is 558 g/mol. The monoisotopic (exact) mass is 557 g/mol. The molecule has 3 aliphatic rings. The maximum absolute atomic E-state index is 13.9. The summed E-state index contributed by atoms with van der Waals surface area (Å²) in [5.41, 5.74) is 0.853. The molecule has 6 rings (SSSR count). The molecule has 3 aliphatic heterocycles. The van der Waals surface area contributed by atoms with Crippen molar-refractivity contribution in [3.63, 3.8) is 0 Å². The van der Waals surface area contributed by atoms with E-state index in [-0.39, 0.29) is 37.7 Å².